The monoisotopic (exact) mass is 350 g/mol. The summed E-state index contributed by atoms with van der Waals surface area (Å²) in [6.45, 7) is 1.02. The summed E-state index contributed by atoms with van der Waals surface area (Å²) in [5.41, 5.74) is 0. The first-order valence-corrected chi connectivity index (χ1v) is 8.79. The third kappa shape index (κ3) is 5.94. The molecule has 24 heavy (non-hydrogen) atoms. The highest BCUT2D eigenvalue weighted by atomic mass is 32.1. The zero-order valence-electron chi connectivity index (χ0n) is 14.0. The van der Waals surface area contributed by atoms with E-state index in [2.05, 4.69) is 16.3 Å². The molecule has 0 fully saturated rings. The number of rotatable bonds is 9. The van der Waals surface area contributed by atoms with E-state index >= 15 is 0 Å². The fourth-order valence-electron chi connectivity index (χ4n) is 2.27. The Bertz CT molecular complexity index is 614. The molecule has 1 atom stereocenters. The summed E-state index contributed by atoms with van der Waals surface area (Å²) in [7, 11) is 4.01. The molecule has 0 aliphatic heterocycles. The van der Waals surface area contributed by atoms with Crippen molar-refractivity contribution in [1.82, 2.24) is 10.2 Å². The van der Waals surface area contributed by atoms with Crippen molar-refractivity contribution >= 4 is 17.2 Å². The van der Waals surface area contributed by atoms with Gasteiger partial charge in [0.15, 0.2) is 0 Å². The van der Waals surface area contributed by atoms with Crippen LogP contribution in [-0.2, 0) is 4.79 Å². The third-order valence-corrected chi connectivity index (χ3v) is 4.59. The summed E-state index contributed by atoms with van der Waals surface area (Å²) in [6.07, 6.45) is 1.03. The second kappa shape index (κ2) is 9.39. The summed E-state index contributed by atoms with van der Waals surface area (Å²) in [5, 5.41) is 5.02. The van der Waals surface area contributed by atoms with Crippen LogP contribution in [0.3, 0.4) is 0 Å². The topological polar surface area (TPSA) is 41.6 Å². The summed E-state index contributed by atoms with van der Waals surface area (Å²) >= 11 is 1.69. The predicted molar refractivity (Wildman–Crippen MR) is 94.9 cm³/mol. The zero-order chi connectivity index (χ0) is 17.4. The predicted octanol–water partition coefficient (Wildman–Crippen LogP) is 3.47. The van der Waals surface area contributed by atoms with E-state index in [9.17, 15) is 9.18 Å². The molecule has 1 aromatic heterocycles. The molecule has 0 aliphatic carbocycles. The van der Waals surface area contributed by atoms with Crippen molar-refractivity contribution < 1.29 is 13.9 Å². The van der Waals surface area contributed by atoms with E-state index in [0.29, 0.717) is 31.7 Å². The van der Waals surface area contributed by atoms with Gasteiger partial charge in [0.1, 0.15) is 11.6 Å². The number of benzene rings is 1. The number of hydrogen-bond donors (Lipinski definition) is 1. The first kappa shape index (κ1) is 18.4. The number of likely N-dealkylation sites (N-methyl/N-ethyl adjacent to an activating group) is 1. The van der Waals surface area contributed by atoms with E-state index in [0.717, 1.165) is 0 Å². The lowest BCUT2D eigenvalue weighted by atomic mass is 10.2. The molecule has 1 N–H and O–H groups in total. The van der Waals surface area contributed by atoms with Gasteiger partial charge in [0, 0.05) is 17.8 Å². The van der Waals surface area contributed by atoms with Crippen LogP contribution in [0.2, 0.25) is 0 Å². The molecule has 6 heteroatoms. The van der Waals surface area contributed by atoms with Crippen LogP contribution in [0.4, 0.5) is 4.39 Å². The SMILES string of the molecule is CN(C)C(CNC(=O)CCCOc1ccc(F)cc1)c1cccs1. The molecule has 1 heterocycles. The number of hydrogen-bond acceptors (Lipinski definition) is 4. The van der Waals surface area contributed by atoms with Gasteiger partial charge in [-0.3, -0.25) is 4.79 Å². The van der Waals surface area contributed by atoms with E-state index in [4.69, 9.17) is 4.74 Å². The minimum Gasteiger partial charge on any atom is -0.494 e. The molecule has 4 nitrogen and oxygen atoms in total. The van der Waals surface area contributed by atoms with Gasteiger partial charge in [-0.25, -0.2) is 4.39 Å². The molecule has 2 rings (SSSR count). The number of halogens is 1. The fourth-order valence-corrected chi connectivity index (χ4v) is 3.19. The Hall–Kier alpha value is -1.92. The van der Waals surface area contributed by atoms with Crippen molar-refractivity contribution in [2.75, 3.05) is 27.2 Å². The van der Waals surface area contributed by atoms with Gasteiger partial charge in [0.25, 0.3) is 0 Å². The van der Waals surface area contributed by atoms with Crippen molar-refractivity contribution in [2.24, 2.45) is 0 Å². The molecule has 1 aromatic carbocycles. The van der Waals surface area contributed by atoms with Crippen LogP contribution in [0.1, 0.15) is 23.8 Å². The summed E-state index contributed by atoms with van der Waals surface area (Å²) < 4.78 is 18.3. The minimum absolute atomic E-state index is 0.0149. The van der Waals surface area contributed by atoms with E-state index in [-0.39, 0.29) is 17.8 Å². The summed E-state index contributed by atoms with van der Waals surface area (Å²) in [6, 6.07) is 10.2. The van der Waals surface area contributed by atoms with Gasteiger partial charge in [0.05, 0.1) is 12.6 Å². The maximum atomic E-state index is 12.8. The first-order chi connectivity index (χ1) is 11.6. The van der Waals surface area contributed by atoms with Crippen molar-refractivity contribution in [3.63, 3.8) is 0 Å². The highest BCUT2D eigenvalue weighted by Crippen LogP contribution is 2.22. The molecule has 0 spiro atoms. The molecule has 1 unspecified atom stereocenters. The highest BCUT2D eigenvalue weighted by Gasteiger charge is 2.15. The van der Waals surface area contributed by atoms with E-state index in [1.165, 1.54) is 17.0 Å². The van der Waals surface area contributed by atoms with Crippen molar-refractivity contribution in [3.8, 4) is 5.75 Å². The van der Waals surface area contributed by atoms with Crippen LogP contribution in [0.5, 0.6) is 5.75 Å². The van der Waals surface area contributed by atoms with Crippen LogP contribution >= 0.6 is 11.3 Å². The highest BCUT2D eigenvalue weighted by molar-refractivity contribution is 7.10. The number of carbonyl (C=O) groups excluding carboxylic acids is 1. The number of nitrogens with zero attached hydrogens (tertiary/aromatic N) is 1. The van der Waals surface area contributed by atoms with Crippen LogP contribution in [0.25, 0.3) is 0 Å². The maximum Gasteiger partial charge on any atom is 0.220 e. The average molecular weight is 350 g/mol. The lowest BCUT2D eigenvalue weighted by Crippen LogP contribution is -2.34. The Morgan fingerprint density at radius 1 is 1.29 bits per heavy atom. The quantitative estimate of drug-likeness (QED) is 0.704. The zero-order valence-corrected chi connectivity index (χ0v) is 14.8. The Morgan fingerprint density at radius 3 is 2.67 bits per heavy atom. The van der Waals surface area contributed by atoms with Gasteiger partial charge in [0.2, 0.25) is 5.91 Å². The van der Waals surface area contributed by atoms with Gasteiger partial charge >= 0.3 is 0 Å². The molecule has 2 aromatic rings. The Kier molecular flexibility index (Phi) is 7.21. The number of nitrogens with one attached hydrogen (secondary N) is 1. The Labute approximate surface area is 146 Å². The Balaban J connectivity index is 1.66. The van der Waals surface area contributed by atoms with E-state index in [1.807, 2.05) is 25.5 Å². The average Bonchev–Trinajstić information content (AvgIpc) is 3.07. The molecular weight excluding hydrogens is 327 g/mol. The van der Waals surface area contributed by atoms with Crippen LogP contribution in [0.15, 0.2) is 41.8 Å². The maximum absolute atomic E-state index is 12.8. The number of ether oxygens (including phenoxy) is 1. The fraction of sp³-hybridized carbons (Fsp3) is 0.389. The second-order valence-electron chi connectivity index (χ2n) is 5.70. The Morgan fingerprint density at radius 2 is 2.04 bits per heavy atom. The largest absolute Gasteiger partial charge is 0.494 e. The van der Waals surface area contributed by atoms with Gasteiger partial charge in [-0.2, -0.15) is 0 Å². The second-order valence-corrected chi connectivity index (χ2v) is 6.68. The van der Waals surface area contributed by atoms with Gasteiger partial charge in [-0.05, 0) is 56.2 Å². The smallest absolute Gasteiger partial charge is 0.220 e. The summed E-state index contributed by atoms with van der Waals surface area (Å²) in [4.78, 5) is 15.3. The number of thiophene rings is 1. The van der Waals surface area contributed by atoms with Crippen molar-refractivity contribution in [1.29, 1.82) is 0 Å². The van der Waals surface area contributed by atoms with Gasteiger partial charge in [-0.1, -0.05) is 6.07 Å². The van der Waals surface area contributed by atoms with Crippen molar-refractivity contribution in [3.05, 3.63) is 52.5 Å². The number of amides is 1. The lowest BCUT2D eigenvalue weighted by Gasteiger charge is -2.23. The first-order valence-electron chi connectivity index (χ1n) is 7.91. The van der Waals surface area contributed by atoms with Crippen LogP contribution < -0.4 is 10.1 Å². The molecule has 0 saturated heterocycles. The van der Waals surface area contributed by atoms with Crippen molar-refractivity contribution in [2.45, 2.75) is 18.9 Å². The molecule has 1 amide bonds. The van der Waals surface area contributed by atoms with Gasteiger partial charge in [-0.15, -0.1) is 11.3 Å². The molecule has 130 valence electrons. The third-order valence-electron chi connectivity index (χ3n) is 3.62. The van der Waals surface area contributed by atoms with E-state index in [1.54, 1.807) is 23.5 Å². The summed E-state index contributed by atoms with van der Waals surface area (Å²) in [5.74, 6) is 0.339. The molecule has 0 bridgehead atoms. The van der Waals surface area contributed by atoms with Crippen LogP contribution in [-0.4, -0.2) is 38.1 Å². The van der Waals surface area contributed by atoms with E-state index < -0.39 is 0 Å². The minimum atomic E-state index is -0.289. The van der Waals surface area contributed by atoms with Gasteiger partial charge < -0.3 is 15.0 Å². The lowest BCUT2D eigenvalue weighted by molar-refractivity contribution is -0.121. The number of carbonyl (C=O) groups is 1. The molecular formula is C18H23FN2O2S. The molecule has 0 saturated carbocycles. The normalized spacial score (nSPS) is 12.2. The standard InChI is InChI=1S/C18H23FN2O2S/c1-21(2)16(17-5-4-12-24-17)13-20-18(22)6-3-11-23-15-9-7-14(19)8-10-15/h4-5,7-10,12,16H,3,6,11,13H2,1-2H3,(H,20,22). The molecule has 0 aliphatic rings. The molecule has 0 radical (unpaired) electrons. The van der Waals surface area contributed by atoms with Crippen LogP contribution in [0, 0.1) is 5.82 Å².